The second-order valence-corrected chi connectivity index (χ2v) is 5.14. The highest BCUT2D eigenvalue weighted by molar-refractivity contribution is 5.97. The molecule has 1 saturated heterocycles. The van der Waals surface area contributed by atoms with Gasteiger partial charge in [-0.15, -0.1) is 0 Å². The van der Waals surface area contributed by atoms with E-state index in [2.05, 4.69) is 10.1 Å². The van der Waals surface area contributed by atoms with Gasteiger partial charge in [0.05, 0.1) is 25.9 Å². The number of nitriles is 1. The molecule has 1 fully saturated rings. The largest absolute Gasteiger partial charge is 0.465 e. The summed E-state index contributed by atoms with van der Waals surface area (Å²) >= 11 is 0. The lowest BCUT2D eigenvalue weighted by atomic mass is 10.1. The fourth-order valence-corrected chi connectivity index (χ4v) is 2.23. The molecule has 126 valence electrons. The fraction of sp³-hybridized carbons (Fsp3) is 0.353. The van der Waals surface area contributed by atoms with Crippen molar-refractivity contribution in [3.8, 4) is 6.07 Å². The first-order valence-corrected chi connectivity index (χ1v) is 7.53. The van der Waals surface area contributed by atoms with Gasteiger partial charge in [0.25, 0.3) is 5.91 Å². The molecule has 0 spiro atoms. The van der Waals surface area contributed by atoms with E-state index in [1.54, 1.807) is 29.2 Å². The van der Waals surface area contributed by atoms with Crippen molar-refractivity contribution in [2.24, 2.45) is 0 Å². The van der Waals surface area contributed by atoms with Crippen LogP contribution in [0.15, 0.2) is 36.0 Å². The maximum atomic E-state index is 12.2. The molecule has 24 heavy (non-hydrogen) atoms. The zero-order valence-corrected chi connectivity index (χ0v) is 13.4. The minimum Gasteiger partial charge on any atom is -0.465 e. The number of rotatable bonds is 5. The van der Waals surface area contributed by atoms with Crippen molar-refractivity contribution in [1.29, 1.82) is 5.26 Å². The Morgan fingerprint density at radius 1 is 1.33 bits per heavy atom. The zero-order valence-electron chi connectivity index (χ0n) is 13.4. The van der Waals surface area contributed by atoms with Gasteiger partial charge in [-0.3, -0.25) is 4.79 Å². The molecule has 1 amide bonds. The highest BCUT2D eigenvalue weighted by Crippen LogP contribution is 2.07. The third-order valence-electron chi connectivity index (χ3n) is 3.58. The minimum absolute atomic E-state index is 0.0584. The molecule has 1 aliphatic heterocycles. The van der Waals surface area contributed by atoms with Crippen molar-refractivity contribution >= 4 is 11.9 Å². The average Bonchev–Trinajstić information content (AvgIpc) is 2.65. The highest BCUT2D eigenvalue weighted by Gasteiger charge is 2.20. The van der Waals surface area contributed by atoms with Crippen LogP contribution in [0.3, 0.4) is 0 Å². The van der Waals surface area contributed by atoms with Gasteiger partial charge in [-0.1, -0.05) is 12.1 Å². The number of esters is 1. The molecule has 0 unspecified atom stereocenters. The number of benzene rings is 1. The van der Waals surface area contributed by atoms with Gasteiger partial charge in [-0.05, 0) is 17.7 Å². The Morgan fingerprint density at radius 3 is 2.58 bits per heavy atom. The molecule has 0 radical (unpaired) electrons. The Kier molecular flexibility index (Phi) is 6.34. The molecule has 0 aromatic heterocycles. The van der Waals surface area contributed by atoms with Crippen LogP contribution >= 0.6 is 0 Å². The van der Waals surface area contributed by atoms with Crippen LogP contribution in [0.25, 0.3) is 0 Å². The Labute approximate surface area is 140 Å². The Balaban J connectivity index is 1.92. The predicted molar refractivity (Wildman–Crippen MR) is 85.7 cm³/mol. The summed E-state index contributed by atoms with van der Waals surface area (Å²) in [4.78, 5) is 25.2. The lowest BCUT2D eigenvalue weighted by Crippen LogP contribution is -2.41. The van der Waals surface area contributed by atoms with E-state index in [0.29, 0.717) is 38.4 Å². The molecule has 1 aromatic rings. The standard InChI is InChI=1S/C17H19N3O4/c1-23-17(22)14-4-2-13(3-5-14)11-19-12-15(10-18)16(21)20-6-8-24-9-7-20/h2-5,12,19H,6-9,11H2,1H3/b15-12-. The van der Waals surface area contributed by atoms with Crippen LogP contribution in [0.4, 0.5) is 0 Å². The second-order valence-electron chi connectivity index (χ2n) is 5.14. The lowest BCUT2D eigenvalue weighted by molar-refractivity contribution is -0.130. The van der Waals surface area contributed by atoms with Crippen LogP contribution in [0.5, 0.6) is 0 Å². The quantitative estimate of drug-likeness (QED) is 0.489. The topological polar surface area (TPSA) is 91.7 Å². The highest BCUT2D eigenvalue weighted by atomic mass is 16.5. The molecular weight excluding hydrogens is 310 g/mol. The molecule has 1 N–H and O–H groups in total. The molecule has 1 aromatic carbocycles. The van der Waals surface area contributed by atoms with Gasteiger partial charge in [0, 0.05) is 25.8 Å². The van der Waals surface area contributed by atoms with Gasteiger partial charge in [0.15, 0.2) is 0 Å². The molecule has 0 aliphatic carbocycles. The maximum absolute atomic E-state index is 12.2. The smallest absolute Gasteiger partial charge is 0.337 e. The molecule has 7 nitrogen and oxygen atoms in total. The van der Waals surface area contributed by atoms with Gasteiger partial charge in [0.1, 0.15) is 11.6 Å². The van der Waals surface area contributed by atoms with Crippen molar-refractivity contribution in [3.63, 3.8) is 0 Å². The predicted octanol–water partition coefficient (Wildman–Crippen LogP) is 0.829. The first-order chi connectivity index (χ1) is 11.7. The van der Waals surface area contributed by atoms with Gasteiger partial charge >= 0.3 is 5.97 Å². The fourth-order valence-electron chi connectivity index (χ4n) is 2.23. The molecule has 0 bridgehead atoms. The summed E-state index contributed by atoms with van der Waals surface area (Å²) in [5.74, 6) is -0.688. The third kappa shape index (κ3) is 4.57. The van der Waals surface area contributed by atoms with E-state index >= 15 is 0 Å². The summed E-state index contributed by atoms with van der Waals surface area (Å²) in [5, 5.41) is 12.1. The Morgan fingerprint density at radius 2 is 2.00 bits per heavy atom. The van der Waals surface area contributed by atoms with E-state index in [0.717, 1.165) is 5.56 Å². The monoisotopic (exact) mass is 329 g/mol. The Bertz CT molecular complexity index is 655. The zero-order chi connectivity index (χ0) is 17.4. The number of nitrogens with one attached hydrogen (secondary N) is 1. The molecule has 1 heterocycles. The molecule has 2 rings (SSSR count). The van der Waals surface area contributed by atoms with Crippen LogP contribution in [0, 0.1) is 11.3 Å². The number of carbonyl (C=O) groups is 2. The first-order valence-electron chi connectivity index (χ1n) is 7.53. The van der Waals surface area contributed by atoms with Crippen LogP contribution in [0.1, 0.15) is 15.9 Å². The molecule has 7 heteroatoms. The molecule has 0 atom stereocenters. The van der Waals surface area contributed by atoms with Gasteiger partial charge in [0.2, 0.25) is 0 Å². The normalized spacial score (nSPS) is 14.7. The van der Waals surface area contributed by atoms with Crippen molar-refractivity contribution in [2.45, 2.75) is 6.54 Å². The van der Waals surface area contributed by atoms with E-state index in [1.807, 2.05) is 6.07 Å². The summed E-state index contributed by atoms with van der Waals surface area (Å²) in [6, 6.07) is 8.81. The van der Waals surface area contributed by atoms with Crippen molar-refractivity contribution in [3.05, 3.63) is 47.2 Å². The lowest BCUT2D eigenvalue weighted by Gasteiger charge is -2.26. The number of hydrogen-bond acceptors (Lipinski definition) is 6. The minimum atomic E-state index is -0.391. The number of carbonyl (C=O) groups excluding carboxylic acids is 2. The second kappa shape index (κ2) is 8.70. The van der Waals surface area contributed by atoms with Crippen molar-refractivity contribution in [2.75, 3.05) is 33.4 Å². The number of ether oxygens (including phenoxy) is 2. The number of amides is 1. The first kappa shape index (κ1) is 17.5. The summed E-state index contributed by atoms with van der Waals surface area (Å²) < 4.78 is 9.83. The number of hydrogen-bond donors (Lipinski definition) is 1. The Hall–Kier alpha value is -2.85. The van der Waals surface area contributed by atoms with Crippen LogP contribution in [0.2, 0.25) is 0 Å². The van der Waals surface area contributed by atoms with E-state index in [9.17, 15) is 9.59 Å². The van der Waals surface area contributed by atoms with Gasteiger partial charge < -0.3 is 19.7 Å². The summed E-state index contributed by atoms with van der Waals surface area (Å²) in [5.41, 5.74) is 1.44. The van der Waals surface area contributed by atoms with E-state index < -0.39 is 5.97 Å². The molecular formula is C17H19N3O4. The average molecular weight is 329 g/mol. The summed E-state index contributed by atoms with van der Waals surface area (Å²) in [7, 11) is 1.33. The number of morpholine rings is 1. The maximum Gasteiger partial charge on any atom is 0.337 e. The molecule has 1 aliphatic rings. The SMILES string of the molecule is COC(=O)c1ccc(CN/C=C(/C#N)C(=O)N2CCOCC2)cc1. The van der Waals surface area contributed by atoms with Crippen LogP contribution in [-0.4, -0.2) is 50.2 Å². The van der Waals surface area contributed by atoms with E-state index in [-0.39, 0.29) is 11.5 Å². The number of methoxy groups -OCH3 is 1. The van der Waals surface area contributed by atoms with E-state index in [4.69, 9.17) is 10.00 Å². The van der Waals surface area contributed by atoms with Gasteiger partial charge in [-0.25, -0.2) is 4.79 Å². The molecule has 0 saturated carbocycles. The van der Waals surface area contributed by atoms with Crippen molar-refractivity contribution < 1.29 is 19.1 Å². The third-order valence-corrected chi connectivity index (χ3v) is 3.58. The van der Waals surface area contributed by atoms with E-state index in [1.165, 1.54) is 13.3 Å². The van der Waals surface area contributed by atoms with Crippen molar-refractivity contribution in [1.82, 2.24) is 10.2 Å². The summed E-state index contributed by atoms with van der Waals surface area (Å²) in [6.45, 7) is 2.40. The summed E-state index contributed by atoms with van der Waals surface area (Å²) in [6.07, 6.45) is 1.42. The van der Waals surface area contributed by atoms with Gasteiger partial charge in [-0.2, -0.15) is 5.26 Å². The van der Waals surface area contributed by atoms with Crippen LogP contribution in [-0.2, 0) is 20.8 Å². The number of nitrogens with zero attached hydrogens (tertiary/aromatic N) is 2. The van der Waals surface area contributed by atoms with Crippen LogP contribution < -0.4 is 5.32 Å².